The second-order valence-electron chi connectivity index (χ2n) is 4.59. The van der Waals surface area contributed by atoms with Gasteiger partial charge in [0.05, 0.1) is 6.42 Å². The largest absolute Gasteiger partial charge is 0.349 e. The van der Waals surface area contributed by atoms with Crippen LogP contribution in [0.25, 0.3) is 10.8 Å². The molecular weight excluding hydrogens is 229 g/mol. The van der Waals surface area contributed by atoms with Crippen molar-refractivity contribution in [2.24, 2.45) is 0 Å². The van der Waals surface area contributed by atoms with Gasteiger partial charge in [-0.15, -0.1) is 0 Å². The van der Waals surface area contributed by atoms with Crippen LogP contribution >= 0.6 is 0 Å². The van der Waals surface area contributed by atoms with Gasteiger partial charge < -0.3 is 4.90 Å². The fourth-order valence-corrected chi connectivity index (χ4v) is 1.91. The van der Waals surface area contributed by atoms with Gasteiger partial charge in [0.25, 0.3) is 0 Å². The fourth-order valence-electron chi connectivity index (χ4n) is 1.91. The topological polar surface area (TPSA) is 20.3 Å². The van der Waals surface area contributed by atoms with Crippen molar-refractivity contribution >= 4 is 16.7 Å². The number of halogens is 1. The average Bonchev–Trinajstić information content (AvgIpc) is 2.30. The summed E-state index contributed by atoms with van der Waals surface area (Å²) in [6, 6.07) is 8.34. The summed E-state index contributed by atoms with van der Waals surface area (Å²) in [7, 11) is 3.45. The molecular formula is C15H15FNO. The monoisotopic (exact) mass is 244 g/mol. The summed E-state index contributed by atoms with van der Waals surface area (Å²) in [5.41, 5.74) is 1.64. The van der Waals surface area contributed by atoms with Crippen molar-refractivity contribution in [1.29, 1.82) is 0 Å². The van der Waals surface area contributed by atoms with Crippen LogP contribution < -0.4 is 0 Å². The van der Waals surface area contributed by atoms with Gasteiger partial charge in [-0.25, -0.2) is 4.39 Å². The summed E-state index contributed by atoms with van der Waals surface area (Å²) in [5, 5.41) is 1.70. The van der Waals surface area contributed by atoms with E-state index in [9.17, 15) is 9.18 Å². The molecule has 0 saturated heterocycles. The lowest BCUT2D eigenvalue weighted by atomic mass is 10.00. The zero-order chi connectivity index (χ0) is 13.3. The summed E-state index contributed by atoms with van der Waals surface area (Å²) in [4.78, 5) is 13.2. The Labute approximate surface area is 106 Å². The first-order valence-electron chi connectivity index (χ1n) is 5.71. The van der Waals surface area contributed by atoms with E-state index in [1.165, 1.54) is 12.1 Å². The van der Waals surface area contributed by atoms with Crippen LogP contribution in [0.4, 0.5) is 4.39 Å². The molecule has 0 bridgehead atoms. The second-order valence-corrected chi connectivity index (χ2v) is 4.59. The highest BCUT2D eigenvalue weighted by atomic mass is 19.1. The zero-order valence-corrected chi connectivity index (χ0v) is 10.5. The molecule has 2 aromatic carbocycles. The minimum Gasteiger partial charge on any atom is -0.349 e. The molecule has 1 radical (unpaired) electrons. The Morgan fingerprint density at radius 2 is 2.00 bits per heavy atom. The Hall–Kier alpha value is -1.90. The maximum Gasteiger partial charge on any atom is 0.226 e. The van der Waals surface area contributed by atoms with E-state index in [-0.39, 0.29) is 11.7 Å². The van der Waals surface area contributed by atoms with Gasteiger partial charge in [0, 0.05) is 14.1 Å². The molecule has 2 aromatic rings. The predicted molar refractivity (Wildman–Crippen MR) is 70.8 cm³/mol. The average molecular weight is 244 g/mol. The van der Waals surface area contributed by atoms with E-state index >= 15 is 0 Å². The smallest absolute Gasteiger partial charge is 0.226 e. The number of hydrogen-bond acceptors (Lipinski definition) is 1. The Balaban J connectivity index is 2.43. The Bertz CT molecular complexity index is 605. The molecule has 93 valence electrons. The minimum absolute atomic E-state index is 0.0378. The maximum atomic E-state index is 13.1. The number of hydrogen-bond donors (Lipinski definition) is 0. The minimum atomic E-state index is -0.274. The third-order valence-electron chi connectivity index (χ3n) is 2.92. The van der Waals surface area contributed by atoms with Crippen molar-refractivity contribution in [2.75, 3.05) is 14.1 Å². The summed E-state index contributed by atoms with van der Waals surface area (Å²) >= 11 is 0. The Kier molecular flexibility index (Phi) is 3.32. The Morgan fingerprint density at radius 1 is 1.28 bits per heavy atom. The molecule has 0 N–H and O–H groups in total. The van der Waals surface area contributed by atoms with Crippen molar-refractivity contribution in [3.05, 3.63) is 54.2 Å². The normalized spacial score (nSPS) is 10.7. The molecule has 0 fully saturated rings. The molecule has 0 unspecified atom stereocenters. The lowest BCUT2D eigenvalue weighted by molar-refractivity contribution is -0.127. The van der Waals surface area contributed by atoms with Gasteiger partial charge in [-0.05, 0) is 41.0 Å². The lowest BCUT2D eigenvalue weighted by Gasteiger charge is -2.11. The fraction of sp³-hybridized carbons (Fsp3) is 0.200. The molecule has 1 amide bonds. The summed E-state index contributed by atoms with van der Waals surface area (Å²) in [6.45, 7) is 3.91. The van der Waals surface area contributed by atoms with E-state index in [1.54, 1.807) is 25.1 Å². The van der Waals surface area contributed by atoms with Crippen molar-refractivity contribution in [2.45, 2.75) is 6.42 Å². The van der Waals surface area contributed by atoms with Crippen LogP contribution in [0.15, 0.2) is 30.3 Å². The quantitative estimate of drug-likeness (QED) is 0.795. The standard InChI is InChI=1S/C15H15FNO/c1-10-6-11(8-15(18)17(2)3)7-12-4-5-13(16)9-14(10)12/h4-7,9H,1,8H2,2-3H3. The molecule has 2 rings (SSSR count). The molecule has 0 aliphatic carbocycles. The maximum absolute atomic E-state index is 13.1. The van der Waals surface area contributed by atoms with Crippen LogP contribution in [-0.4, -0.2) is 24.9 Å². The molecule has 18 heavy (non-hydrogen) atoms. The third kappa shape index (κ3) is 2.50. The first-order chi connectivity index (χ1) is 8.47. The van der Waals surface area contributed by atoms with Crippen LogP contribution in [0.5, 0.6) is 0 Å². The van der Waals surface area contributed by atoms with Crippen LogP contribution in [0.1, 0.15) is 11.1 Å². The Morgan fingerprint density at radius 3 is 2.67 bits per heavy atom. The number of fused-ring (bicyclic) bond motifs is 1. The highest BCUT2D eigenvalue weighted by Gasteiger charge is 2.08. The summed E-state index contributed by atoms with van der Waals surface area (Å²) in [5.74, 6) is -0.236. The highest BCUT2D eigenvalue weighted by Crippen LogP contribution is 2.22. The van der Waals surface area contributed by atoms with Crippen LogP contribution in [0.2, 0.25) is 0 Å². The highest BCUT2D eigenvalue weighted by molar-refractivity contribution is 5.88. The molecule has 0 aliphatic rings. The molecule has 0 saturated carbocycles. The second kappa shape index (κ2) is 4.77. The van der Waals surface area contributed by atoms with Crippen LogP contribution in [0, 0.1) is 12.7 Å². The number of benzene rings is 2. The van der Waals surface area contributed by atoms with Crippen molar-refractivity contribution < 1.29 is 9.18 Å². The first kappa shape index (κ1) is 12.6. The SMILES string of the molecule is [CH2]c1cc(CC(=O)N(C)C)cc2ccc(F)cc12. The number of nitrogens with zero attached hydrogens (tertiary/aromatic N) is 1. The summed E-state index contributed by atoms with van der Waals surface area (Å²) < 4.78 is 13.1. The van der Waals surface area contributed by atoms with Crippen molar-refractivity contribution in [3.63, 3.8) is 0 Å². The molecule has 0 atom stereocenters. The van der Waals surface area contributed by atoms with E-state index < -0.39 is 0 Å². The zero-order valence-electron chi connectivity index (χ0n) is 10.5. The van der Waals surface area contributed by atoms with Crippen LogP contribution in [-0.2, 0) is 11.2 Å². The number of amides is 1. The first-order valence-corrected chi connectivity index (χ1v) is 5.71. The van der Waals surface area contributed by atoms with Gasteiger partial charge in [-0.2, -0.15) is 0 Å². The van der Waals surface area contributed by atoms with E-state index in [0.717, 1.165) is 21.9 Å². The molecule has 0 heterocycles. The van der Waals surface area contributed by atoms with Crippen molar-refractivity contribution in [3.8, 4) is 0 Å². The third-order valence-corrected chi connectivity index (χ3v) is 2.92. The van der Waals surface area contributed by atoms with E-state index in [1.807, 2.05) is 12.1 Å². The number of likely N-dealkylation sites (N-methyl/N-ethyl adjacent to an activating group) is 1. The molecule has 0 aliphatic heterocycles. The van der Waals surface area contributed by atoms with Crippen LogP contribution in [0.3, 0.4) is 0 Å². The van der Waals surface area contributed by atoms with Gasteiger partial charge in [-0.1, -0.05) is 18.2 Å². The van der Waals surface area contributed by atoms with Gasteiger partial charge in [0.1, 0.15) is 5.82 Å². The number of rotatable bonds is 2. The lowest BCUT2D eigenvalue weighted by Crippen LogP contribution is -2.23. The molecule has 3 heteroatoms. The van der Waals surface area contributed by atoms with Gasteiger partial charge in [0.2, 0.25) is 5.91 Å². The van der Waals surface area contributed by atoms with E-state index in [2.05, 4.69) is 6.92 Å². The molecule has 0 aromatic heterocycles. The molecule has 2 nitrogen and oxygen atoms in total. The van der Waals surface area contributed by atoms with Gasteiger partial charge in [-0.3, -0.25) is 4.79 Å². The van der Waals surface area contributed by atoms with E-state index in [0.29, 0.717) is 6.42 Å². The number of carbonyl (C=O) groups excluding carboxylic acids is 1. The molecule has 0 spiro atoms. The van der Waals surface area contributed by atoms with Crippen molar-refractivity contribution in [1.82, 2.24) is 4.90 Å². The van der Waals surface area contributed by atoms with E-state index in [4.69, 9.17) is 0 Å². The number of carbonyl (C=O) groups is 1. The predicted octanol–water partition coefficient (Wildman–Crippen LogP) is 2.79. The van der Waals surface area contributed by atoms with Gasteiger partial charge in [0.15, 0.2) is 0 Å². The van der Waals surface area contributed by atoms with Gasteiger partial charge >= 0.3 is 0 Å². The summed E-state index contributed by atoms with van der Waals surface area (Å²) in [6.07, 6.45) is 0.336.